The molecule has 1 aromatic heterocycles. The average molecular weight is 447 g/mol. The molecule has 0 spiro atoms. The minimum atomic E-state index is -0.283. The van der Waals surface area contributed by atoms with E-state index in [2.05, 4.69) is 5.32 Å². The Kier molecular flexibility index (Phi) is 7.19. The smallest absolute Gasteiger partial charge is 0.246 e. The van der Waals surface area contributed by atoms with Gasteiger partial charge in [-0.1, -0.05) is 49.4 Å². The van der Waals surface area contributed by atoms with Gasteiger partial charge in [0.05, 0.1) is 11.8 Å². The van der Waals surface area contributed by atoms with E-state index >= 15 is 0 Å². The largest absolute Gasteiger partial charge is 0.376 e. The van der Waals surface area contributed by atoms with E-state index in [0.717, 1.165) is 35.3 Å². The lowest BCUT2D eigenvalue weighted by molar-refractivity contribution is -0.135. The third-order valence-corrected chi connectivity index (χ3v) is 5.74. The second-order valence-corrected chi connectivity index (χ2v) is 8.34. The molecular formula is C26H30N4O3. The maximum absolute atomic E-state index is 13.0. The van der Waals surface area contributed by atoms with Gasteiger partial charge < -0.3 is 9.64 Å². The minimum Gasteiger partial charge on any atom is -0.376 e. The summed E-state index contributed by atoms with van der Waals surface area (Å²) in [6.07, 6.45) is 4.15. The van der Waals surface area contributed by atoms with Crippen molar-refractivity contribution in [1.29, 1.82) is 0 Å². The number of aryl methyl sites for hydroxylation is 1. The van der Waals surface area contributed by atoms with Gasteiger partial charge in [0.15, 0.2) is 0 Å². The zero-order valence-corrected chi connectivity index (χ0v) is 19.2. The van der Waals surface area contributed by atoms with E-state index in [-0.39, 0.29) is 24.5 Å². The summed E-state index contributed by atoms with van der Waals surface area (Å²) in [5.41, 5.74) is 3.73. The van der Waals surface area contributed by atoms with Crippen molar-refractivity contribution in [3.8, 4) is 16.9 Å². The molecule has 3 aromatic rings. The Morgan fingerprint density at radius 2 is 2.00 bits per heavy atom. The first-order chi connectivity index (χ1) is 16.0. The number of nitrogens with zero attached hydrogens (tertiary/aromatic N) is 3. The highest BCUT2D eigenvalue weighted by molar-refractivity contribution is 5.93. The van der Waals surface area contributed by atoms with Crippen LogP contribution in [0, 0.1) is 6.92 Å². The normalized spacial score (nSPS) is 15.4. The van der Waals surface area contributed by atoms with Crippen LogP contribution in [-0.2, 0) is 14.3 Å². The molecule has 1 saturated heterocycles. The van der Waals surface area contributed by atoms with E-state index in [9.17, 15) is 9.59 Å². The number of benzene rings is 2. The van der Waals surface area contributed by atoms with Gasteiger partial charge in [0.1, 0.15) is 6.54 Å². The van der Waals surface area contributed by atoms with E-state index in [0.29, 0.717) is 25.5 Å². The van der Waals surface area contributed by atoms with Crippen LogP contribution in [0.2, 0.25) is 0 Å². The molecule has 7 nitrogen and oxygen atoms in total. The molecule has 4 rings (SSSR count). The lowest BCUT2D eigenvalue weighted by Crippen LogP contribution is -2.42. The fourth-order valence-corrected chi connectivity index (χ4v) is 4.04. The average Bonchev–Trinajstić information content (AvgIpc) is 3.49. The van der Waals surface area contributed by atoms with Gasteiger partial charge in [-0.25, -0.2) is 4.98 Å². The molecule has 1 aliphatic rings. The number of hydrogen-bond acceptors (Lipinski definition) is 4. The van der Waals surface area contributed by atoms with Crippen LogP contribution in [0.5, 0.6) is 0 Å². The lowest BCUT2D eigenvalue weighted by Gasteiger charge is -2.24. The number of carbonyl (C=O) groups excluding carboxylic acids is 2. The van der Waals surface area contributed by atoms with E-state index in [1.807, 2.05) is 72.3 Å². The number of hydrogen-bond donors (Lipinski definition) is 1. The molecular weight excluding hydrogens is 416 g/mol. The van der Waals surface area contributed by atoms with E-state index in [1.54, 1.807) is 11.8 Å². The number of anilines is 1. The van der Waals surface area contributed by atoms with E-state index < -0.39 is 0 Å². The van der Waals surface area contributed by atoms with Crippen molar-refractivity contribution in [2.45, 2.75) is 39.2 Å². The molecule has 0 aliphatic carbocycles. The molecule has 7 heteroatoms. The highest BCUT2D eigenvalue weighted by atomic mass is 16.5. The third kappa shape index (κ3) is 5.68. The molecule has 1 fully saturated rings. The summed E-state index contributed by atoms with van der Waals surface area (Å²) in [6, 6.07) is 17.8. The van der Waals surface area contributed by atoms with Gasteiger partial charge >= 0.3 is 0 Å². The summed E-state index contributed by atoms with van der Waals surface area (Å²) < 4.78 is 7.55. The first kappa shape index (κ1) is 22.7. The fraction of sp³-hybridized carbons (Fsp3) is 0.346. The standard InChI is InChI=1S/C26H30N4O3/c1-3-25(32)29(16-22-13-8-14-33-22)18-24(31)28-26-27-23(20-10-5-4-6-11-20)17-30(26)21-12-7-9-19(2)15-21/h4-7,9-12,15,17,22H,3,8,13-14,16,18H2,1-2H3,(H,27,28,31). The SMILES string of the molecule is CCC(=O)N(CC(=O)Nc1nc(-c2ccccc2)cn1-c1cccc(C)c1)CC1CCCO1. The van der Waals surface area contributed by atoms with Gasteiger partial charge in [0.2, 0.25) is 17.8 Å². The van der Waals surface area contributed by atoms with Crippen molar-refractivity contribution < 1.29 is 14.3 Å². The van der Waals surface area contributed by atoms with Crippen molar-refractivity contribution in [2.24, 2.45) is 0 Å². The van der Waals surface area contributed by atoms with Gasteiger partial charge in [0.25, 0.3) is 0 Å². The van der Waals surface area contributed by atoms with Crippen LogP contribution >= 0.6 is 0 Å². The van der Waals surface area contributed by atoms with E-state index in [1.165, 1.54) is 0 Å². The van der Waals surface area contributed by atoms with Gasteiger partial charge in [-0.3, -0.25) is 19.5 Å². The number of imidazole rings is 1. The second-order valence-electron chi connectivity index (χ2n) is 8.34. The summed E-state index contributed by atoms with van der Waals surface area (Å²) in [5.74, 6) is 0.0760. The number of carbonyl (C=O) groups is 2. The number of ether oxygens (including phenoxy) is 1. The first-order valence-corrected chi connectivity index (χ1v) is 11.4. The zero-order chi connectivity index (χ0) is 23.2. The van der Waals surface area contributed by atoms with Crippen molar-refractivity contribution >= 4 is 17.8 Å². The van der Waals surface area contributed by atoms with Crippen LogP contribution in [-0.4, -0.2) is 52.1 Å². The highest BCUT2D eigenvalue weighted by Gasteiger charge is 2.24. The van der Waals surface area contributed by atoms with Crippen LogP contribution in [0.15, 0.2) is 60.8 Å². The van der Waals surface area contributed by atoms with Gasteiger partial charge in [0, 0.05) is 37.0 Å². The van der Waals surface area contributed by atoms with Gasteiger partial charge in [-0.05, 0) is 37.5 Å². The molecule has 1 N–H and O–H groups in total. The Morgan fingerprint density at radius 3 is 2.70 bits per heavy atom. The molecule has 2 heterocycles. The second kappa shape index (κ2) is 10.4. The first-order valence-electron chi connectivity index (χ1n) is 11.4. The van der Waals surface area contributed by atoms with Crippen LogP contribution in [0.25, 0.3) is 16.9 Å². The monoisotopic (exact) mass is 446 g/mol. The molecule has 33 heavy (non-hydrogen) atoms. The fourth-order valence-electron chi connectivity index (χ4n) is 4.04. The molecule has 2 amide bonds. The molecule has 1 atom stereocenters. The Balaban J connectivity index is 1.58. The van der Waals surface area contributed by atoms with Crippen LogP contribution in [0.4, 0.5) is 5.95 Å². The van der Waals surface area contributed by atoms with Crippen LogP contribution in [0.1, 0.15) is 31.7 Å². The Bertz CT molecular complexity index is 1100. The topological polar surface area (TPSA) is 76.5 Å². The van der Waals surface area contributed by atoms with Gasteiger partial charge in [-0.15, -0.1) is 0 Å². The number of rotatable bonds is 8. The maximum Gasteiger partial charge on any atom is 0.246 e. The van der Waals surface area contributed by atoms with Crippen LogP contribution in [0.3, 0.4) is 0 Å². The van der Waals surface area contributed by atoms with Crippen molar-refractivity contribution in [1.82, 2.24) is 14.5 Å². The molecule has 1 unspecified atom stereocenters. The molecule has 2 aromatic carbocycles. The number of aromatic nitrogens is 2. The van der Waals surface area contributed by atoms with E-state index in [4.69, 9.17) is 9.72 Å². The Labute approximate surface area is 194 Å². The summed E-state index contributed by atoms with van der Waals surface area (Å²) in [7, 11) is 0. The number of amides is 2. The van der Waals surface area contributed by atoms with Gasteiger partial charge in [-0.2, -0.15) is 0 Å². The highest BCUT2D eigenvalue weighted by Crippen LogP contribution is 2.25. The van der Waals surface area contributed by atoms with Crippen molar-refractivity contribution in [3.63, 3.8) is 0 Å². The summed E-state index contributed by atoms with van der Waals surface area (Å²) in [6.45, 7) is 4.94. The summed E-state index contributed by atoms with van der Waals surface area (Å²) in [4.78, 5) is 31.8. The third-order valence-electron chi connectivity index (χ3n) is 5.74. The quantitative estimate of drug-likeness (QED) is 0.563. The minimum absolute atomic E-state index is 0.00716. The number of nitrogens with one attached hydrogen (secondary N) is 1. The van der Waals surface area contributed by atoms with Crippen molar-refractivity contribution in [3.05, 3.63) is 66.4 Å². The predicted octanol–water partition coefficient (Wildman–Crippen LogP) is 4.20. The molecule has 172 valence electrons. The summed E-state index contributed by atoms with van der Waals surface area (Å²) in [5, 5.41) is 2.93. The zero-order valence-electron chi connectivity index (χ0n) is 19.2. The molecule has 0 radical (unpaired) electrons. The molecule has 0 bridgehead atoms. The summed E-state index contributed by atoms with van der Waals surface area (Å²) >= 11 is 0. The lowest BCUT2D eigenvalue weighted by atomic mass is 10.2. The molecule has 1 aliphatic heterocycles. The Morgan fingerprint density at radius 1 is 1.18 bits per heavy atom. The van der Waals surface area contributed by atoms with Crippen LogP contribution < -0.4 is 5.32 Å². The molecule has 0 saturated carbocycles. The maximum atomic E-state index is 13.0. The van der Waals surface area contributed by atoms with Crippen molar-refractivity contribution in [2.75, 3.05) is 25.0 Å². The Hall–Kier alpha value is -3.45. The predicted molar refractivity (Wildman–Crippen MR) is 128 cm³/mol.